The minimum atomic E-state index is 0.163. The zero-order valence-corrected chi connectivity index (χ0v) is 12.4. The topological polar surface area (TPSA) is 53.2 Å². The van der Waals surface area contributed by atoms with Crippen molar-refractivity contribution in [2.24, 2.45) is 5.92 Å². The summed E-state index contributed by atoms with van der Waals surface area (Å²) in [6, 6.07) is 1.57. The van der Waals surface area contributed by atoms with Crippen LogP contribution in [-0.4, -0.2) is 37.1 Å². The highest BCUT2D eigenvalue weighted by atomic mass is 16.1. The largest absolute Gasteiger partial charge is 0.354 e. The van der Waals surface area contributed by atoms with Crippen molar-refractivity contribution in [3.8, 4) is 0 Å². The van der Waals surface area contributed by atoms with Gasteiger partial charge in [0.25, 0.3) is 0 Å². The summed E-state index contributed by atoms with van der Waals surface area (Å²) in [5.74, 6) is 0.937. The second kappa shape index (κ2) is 7.25. The van der Waals surface area contributed by atoms with E-state index < -0.39 is 0 Å². The minimum absolute atomic E-state index is 0.163. The molecule has 0 aromatic rings. The summed E-state index contributed by atoms with van der Waals surface area (Å²) < 4.78 is 0. The van der Waals surface area contributed by atoms with Gasteiger partial charge in [-0.3, -0.25) is 4.79 Å². The summed E-state index contributed by atoms with van der Waals surface area (Å²) in [5, 5.41) is 10.2. The van der Waals surface area contributed by atoms with Crippen LogP contribution in [0.4, 0.5) is 0 Å². The van der Waals surface area contributed by atoms with Crippen molar-refractivity contribution >= 4 is 5.91 Å². The highest BCUT2D eigenvalue weighted by molar-refractivity contribution is 5.76. The Hall–Kier alpha value is -0.610. The number of amides is 1. The third-order valence-electron chi connectivity index (χ3n) is 4.39. The first-order valence-corrected chi connectivity index (χ1v) is 7.93. The standard InChI is InChI=1S/C15H29N3O/c1-11(2)18-15(19)8-10-17-13-6-3-5-12(13)14-7-4-9-16-14/h11-14,16-17H,3-10H2,1-2H3,(H,18,19). The summed E-state index contributed by atoms with van der Waals surface area (Å²) in [4.78, 5) is 11.6. The van der Waals surface area contributed by atoms with Crippen LogP contribution in [0.3, 0.4) is 0 Å². The van der Waals surface area contributed by atoms with Crippen molar-refractivity contribution in [3.63, 3.8) is 0 Å². The molecule has 2 fully saturated rings. The maximum atomic E-state index is 11.6. The lowest BCUT2D eigenvalue weighted by Gasteiger charge is -2.26. The van der Waals surface area contributed by atoms with Gasteiger partial charge in [-0.25, -0.2) is 0 Å². The number of hydrogen-bond acceptors (Lipinski definition) is 3. The molecule has 3 N–H and O–H groups in total. The lowest BCUT2D eigenvalue weighted by atomic mass is 9.93. The van der Waals surface area contributed by atoms with Crippen molar-refractivity contribution in [3.05, 3.63) is 0 Å². The maximum absolute atomic E-state index is 11.6. The molecule has 0 spiro atoms. The molecule has 2 aliphatic rings. The molecule has 1 saturated carbocycles. The lowest BCUT2D eigenvalue weighted by Crippen LogP contribution is -2.43. The molecule has 4 heteroatoms. The van der Waals surface area contributed by atoms with Gasteiger partial charge in [0.15, 0.2) is 0 Å². The molecule has 0 radical (unpaired) electrons. The van der Waals surface area contributed by atoms with Crippen molar-refractivity contribution in [2.45, 2.75) is 70.5 Å². The molecule has 1 aliphatic carbocycles. The Bertz CT molecular complexity index is 287. The predicted octanol–water partition coefficient (Wildman–Crippen LogP) is 1.41. The van der Waals surface area contributed by atoms with E-state index in [4.69, 9.17) is 0 Å². The van der Waals surface area contributed by atoms with Crippen LogP contribution in [0.2, 0.25) is 0 Å². The van der Waals surface area contributed by atoms with Gasteiger partial charge >= 0.3 is 0 Å². The average molecular weight is 267 g/mol. The van der Waals surface area contributed by atoms with Gasteiger partial charge in [0.1, 0.15) is 0 Å². The summed E-state index contributed by atoms with van der Waals surface area (Å²) in [6.45, 7) is 6.01. The lowest BCUT2D eigenvalue weighted by molar-refractivity contribution is -0.121. The van der Waals surface area contributed by atoms with E-state index in [0.29, 0.717) is 18.5 Å². The van der Waals surface area contributed by atoms with E-state index in [1.807, 2.05) is 13.8 Å². The Kier molecular flexibility index (Phi) is 5.64. The Morgan fingerprint density at radius 2 is 2.11 bits per heavy atom. The van der Waals surface area contributed by atoms with Crippen LogP contribution >= 0.6 is 0 Å². The molecule has 2 rings (SSSR count). The van der Waals surface area contributed by atoms with E-state index in [2.05, 4.69) is 16.0 Å². The van der Waals surface area contributed by atoms with Gasteiger partial charge in [0.05, 0.1) is 0 Å². The SMILES string of the molecule is CC(C)NC(=O)CCNC1CCCC1C1CCCN1. The highest BCUT2D eigenvalue weighted by Gasteiger charge is 2.34. The fraction of sp³-hybridized carbons (Fsp3) is 0.933. The monoisotopic (exact) mass is 267 g/mol. The zero-order valence-electron chi connectivity index (χ0n) is 12.4. The van der Waals surface area contributed by atoms with Crippen LogP contribution in [0, 0.1) is 5.92 Å². The second-order valence-corrected chi connectivity index (χ2v) is 6.33. The number of hydrogen-bond donors (Lipinski definition) is 3. The van der Waals surface area contributed by atoms with Crippen LogP contribution in [0.5, 0.6) is 0 Å². The summed E-state index contributed by atoms with van der Waals surface area (Å²) in [7, 11) is 0. The Morgan fingerprint density at radius 3 is 2.79 bits per heavy atom. The van der Waals surface area contributed by atoms with Gasteiger partial charge in [0, 0.05) is 31.1 Å². The molecule has 110 valence electrons. The molecule has 4 nitrogen and oxygen atoms in total. The first kappa shape index (κ1) is 14.8. The molecule has 1 saturated heterocycles. The van der Waals surface area contributed by atoms with Gasteiger partial charge in [-0.15, -0.1) is 0 Å². The molecular weight excluding hydrogens is 238 g/mol. The van der Waals surface area contributed by atoms with Crippen molar-refractivity contribution in [1.29, 1.82) is 0 Å². The van der Waals surface area contributed by atoms with Crippen LogP contribution in [0.25, 0.3) is 0 Å². The van der Waals surface area contributed by atoms with Gasteiger partial charge in [-0.2, -0.15) is 0 Å². The number of carbonyl (C=O) groups excluding carboxylic acids is 1. The van der Waals surface area contributed by atoms with Crippen LogP contribution < -0.4 is 16.0 Å². The fourth-order valence-corrected chi connectivity index (χ4v) is 3.57. The van der Waals surface area contributed by atoms with Gasteiger partial charge in [0.2, 0.25) is 5.91 Å². The minimum Gasteiger partial charge on any atom is -0.354 e. The summed E-state index contributed by atoms with van der Waals surface area (Å²) in [5.41, 5.74) is 0. The third-order valence-corrected chi connectivity index (χ3v) is 4.39. The molecule has 1 amide bonds. The van der Waals surface area contributed by atoms with E-state index >= 15 is 0 Å². The predicted molar refractivity (Wildman–Crippen MR) is 78.1 cm³/mol. The average Bonchev–Trinajstić information content (AvgIpc) is 2.96. The van der Waals surface area contributed by atoms with Gasteiger partial charge < -0.3 is 16.0 Å². The molecule has 19 heavy (non-hydrogen) atoms. The van der Waals surface area contributed by atoms with E-state index in [0.717, 1.165) is 12.5 Å². The molecule has 3 unspecified atom stereocenters. The zero-order chi connectivity index (χ0) is 13.7. The Morgan fingerprint density at radius 1 is 1.26 bits per heavy atom. The molecule has 0 aromatic carbocycles. The van der Waals surface area contributed by atoms with Crippen LogP contribution in [0.15, 0.2) is 0 Å². The third kappa shape index (κ3) is 4.46. The summed E-state index contributed by atoms with van der Waals surface area (Å²) >= 11 is 0. The summed E-state index contributed by atoms with van der Waals surface area (Å²) in [6.07, 6.45) is 7.20. The molecule has 0 bridgehead atoms. The van der Waals surface area contributed by atoms with Crippen molar-refractivity contribution < 1.29 is 4.79 Å². The first-order valence-electron chi connectivity index (χ1n) is 7.93. The second-order valence-electron chi connectivity index (χ2n) is 6.33. The maximum Gasteiger partial charge on any atom is 0.221 e. The van der Waals surface area contributed by atoms with Gasteiger partial charge in [-0.1, -0.05) is 6.42 Å². The smallest absolute Gasteiger partial charge is 0.221 e. The Balaban J connectivity index is 1.68. The van der Waals surface area contributed by atoms with Crippen LogP contribution in [0.1, 0.15) is 52.4 Å². The van der Waals surface area contributed by atoms with Crippen LogP contribution in [-0.2, 0) is 4.79 Å². The quantitative estimate of drug-likeness (QED) is 0.682. The van der Waals surface area contributed by atoms with Crippen molar-refractivity contribution in [2.75, 3.05) is 13.1 Å². The highest BCUT2D eigenvalue weighted by Crippen LogP contribution is 2.31. The van der Waals surface area contributed by atoms with Gasteiger partial charge in [-0.05, 0) is 52.0 Å². The number of rotatable bonds is 6. The van der Waals surface area contributed by atoms with E-state index in [-0.39, 0.29) is 11.9 Å². The van der Waals surface area contributed by atoms with E-state index in [1.165, 1.54) is 38.6 Å². The Labute approximate surface area is 117 Å². The molecule has 1 heterocycles. The van der Waals surface area contributed by atoms with E-state index in [9.17, 15) is 4.79 Å². The fourth-order valence-electron chi connectivity index (χ4n) is 3.57. The molecule has 1 aliphatic heterocycles. The first-order chi connectivity index (χ1) is 9.16. The van der Waals surface area contributed by atoms with Crippen molar-refractivity contribution in [1.82, 2.24) is 16.0 Å². The van der Waals surface area contributed by atoms with E-state index in [1.54, 1.807) is 0 Å². The number of nitrogens with one attached hydrogen (secondary N) is 3. The molecular formula is C15H29N3O. The molecule has 3 atom stereocenters. The molecule has 0 aromatic heterocycles. The number of carbonyl (C=O) groups is 1. The normalized spacial score (nSPS) is 31.0.